The van der Waals surface area contributed by atoms with Crippen molar-refractivity contribution in [2.24, 2.45) is 5.92 Å². The largest absolute Gasteiger partial charge is 0.507 e. The first-order chi connectivity index (χ1) is 15.3. The number of aromatic hydroxyl groups is 1. The van der Waals surface area contributed by atoms with Gasteiger partial charge in [0.15, 0.2) is 0 Å². The molecule has 0 bridgehead atoms. The third kappa shape index (κ3) is 4.52. The molecule has 1 aromatic carbocycles. The highest BCUT2D eigenvalue weighted by atomic mass is 16.5. The molecule has 3 aromatic rings. The molecule has 3 N–H and O–H groups in total. The topological polar surface area (TPSA) is 112 Å². The van der Waals surface area contributed by atoms with Gasteiger partial charge in [-0.3, -0.25) is 5.10 Å². The van der Waals surface area contributed by atoms with E-state index in [0.717, 1.165) is 63.2 Å². The van der Waals surface area contributed by atoms with Gasteiger partial charge in [-0.05, 0) is 49.4 Å². The normalized spacial score (nSPS) is 19.7. The standard InChI is InChI=1S/C22H27N7O2/c30-21-9-16(17-11-25-26-12-17)1-2-19(21)20-13-24-22(28-27-20)29-6-3-15(14-29)10-23-18-4-7-31-8-5-18/h1-2,9,11-13,15,18,23,30H,3-8,10,14H2,(H,25,26). The number of nitrogens with one attached hydrogen (secondary N) is 2. The third-order valence-corrected chi connectivity index (χ3v) is 6.14. The van der Waals surface area contributed by atoms with Crippen molar-refractivity contribution >= 4 is 5.95 Å². The van der Waals surface area contributed by atoms with E-state index in [2.05, 4.69) is 35.6 Å². The molecule has 0 radical (unpaired) electrons. The predicted octanol–water partition coefficient (Wildman–Crippen LogP) is 2.23. The maximum absolute atomic E-state index is 10.5. The van der Waals surface area contributed by atoms with Crippen LogP contribution in [0.1, 0.15) is 19.3 Å². The van der Waals surface area contributed by atoms with E-state index in [1.54, 1.807) is 24.7 Å². The van der Waals surface area contributed by atoms with Crippen molar-refractivity contribution in [2.45, 2.75) is 25.3 Å². The zero-order valence-corrected chi connectivity index (χ0v) is 17.4. The van der Waals surface area contributed by atoms with Crippen LogP contribution in [0.25, 0.3) is 22.4 Å². The first-order valence-corrected chi connectivity index (χ1v) is 10.8. The Hall–Kier alpha value is -3.04. The summed E-state index contributed by atoms with van der Waals surface area (Å²) in [6, 6.07) is 6.03. The molecule has 9 heteroatoms. The lowest BCUT2D eigenvalue weighted by Gasteiger charge is -2.24. The second-order valence-electron chi connectivity index (χ2n) is 8.26. The van der Waals surface area contributed by atoms with Gasteiger partial charge in [-0.1, -0.05) is 6.07 Å². The zero-order chi connectivity index (χ0) is 21.0. The van der Waals surface area contributed by atoms with Gasteiger partial charge in [0.1, 0.15) is 11.4 Å². The summed E-state index contributed by atoms with van der Waals surface area (Å²) in [5, 5.41) is 29.6. The minimum absolute atomic E-state index is 0.142. The summed E-state index contributed by atoms with van der Waals surface area (Å²) < 4.78 is 5.43. The van der Waals surface area contributed by atoms with Crippen LogP contribution >= 0.6 is 0 Å². The molecule has 2 saturated heterocycles. The Kier molecular flexibility index (Phi) is 5.77. The van der Waals surface area contributed by atoms with Crippen LogP contribution in [0.2, 0.25) is 0 Å². The van der Waals surface area contributed by atoms with Crippen LogP contribution in [-0.2, 0) is 4.74 Å². The summed E-state index contributed by atoms with van der Waals surface area (Å²) in [7, 11) is 0. The molecule has 0 amide bonds. The number of ether oxygens (including phenoxy) is 1. The lowest BCUT2D eigenvalue weighted by Crippen LogP contribution is -2.38. The van der Waals surface area contributed by atoms with Gasteiger partial charge in [0, 0.05) is 49.7 Å². The Balaban J connectivity index is 1.20. The van der Waals surface area contributed by atoms with Crippen LogP contribution in [-0.4, -0.2) is 69.4 Å². The van der Waals surface area contributed by atoms with Crippen molar-refractivity contribution in [2.75, 3.05) is 37.7 Å². The number of benzene rings is 1. The van der Waals surface area contributed by atoms with E-state index in [-0.39, 0.29) is 5.75 Å². The quantitative estimate of drug-likeness (QED) is 0.556. The van der Waals surface area contributed by atoms with Crippen LogP contribution in [0.5, 0.6) is 5.75 Å². The van der Waals surface area contributed by atoms with E-state index in [4.69, 9.17) is 4.74 Å². The van der Waals surface area contributed by atoms with Crippen molar-refractivity contribution in [1.82, 2.24) is 30.7 Å². The molecular formula is C22H27N7O2. The van der Waals surface area contributed by atoms with Gasteiger partial charge in [0.05, 0.1) is 12.4 Å². The maximum Gasteiger partial charge on any atom is 0.245 e. The highest BCUT2D eigenvalue weighted by molar-refractivity contribution is 5.73. The molecule has 1 unspecified atom stereocenters. The third-order valence-electron chi connectivity index (χ3n) is 6.14. The van der Waals surface area contributed by atoms with Gasteiger partial charge in [-0.15, -0.1) is 10.2 Å². The molecule has 0 saturated carbocycles. The number of rotatable bonds is 6. The van der Waals surface area contributed by atoms with Crippen molar-refractivity contribution in [3.63, 3.8) is 0 Å². The van der Waals surface area contributed by atoms with Crippen molar-refractivity contribution in [1.29, 1.82) is 0 Å². The number of phenols is 1. The van der Waals surface area contributed by atoms with Crippen molar-refractivity contribution in [3.8, 4) is 28.1 Å². The number of hydrogen-bond donors (Lipinski definition) is 3. The van der Waals surface area contributed by atoms with E-state index >= 15 is 0 Å². The molecule has 0 aliphatic carbocycles. The Bertz CT molecular complexity index is 988. The second kappa shape index (κ2) is 8.99. The monoisotopic (exact) mass is 421 g/mol. The van der Waals surface area contributed by atoms with Gasteiger partial charge in [0.2, 0.25) is 5.95 Å². The summed E-state index contributed by atoms with van der Waals surface area (Å²) in [6.07, 6.45) is 8.50. The highest BCUT2D eigenvalue weighted by Crippen LogP contribution is 2.32. The van der Waals surface area contributed by atoms with Gasteiger partial charge in [0.25, 0.3) is 0 Å². The summed E-state index contributed by atoms with van der Waals surface area (Å²) >= 11 is 0. The van der Waals surface area contributed by atoms with Crippen LogP contribution in [0.4, 0.5) is 5.95 Å². The summed E-state index contributed by atoms with van der Waals surface area (Å²) in [5.74, 6) is 1.38. The lowest BCUT2D eigenvalue weighted by molar-refractivity contribution is 0.0771. The molecule has 31 heavy (non-hydrogen) atoms. The van der Waals surface area contributed by atoms with Crippen LogP contribution in [0, 0.1) is 5.92 Å². The van der Waals surface area contributed by atoms with Gasteiger partial charge < -0.3 is 20.1 Å². The fourth-order valence-electron chi connectivity index (χ4n) is 4.29. The molecule has 5 rings (SSSR count). The number of phenolic OH excluding ortho intramolecular Hbond substituents is 1. The van der Waals surface area contributed by atoms with E-state index in [0.29, 0.717) is 29.2 Å². The van der Waals surface area contributed by atoms with E-state index in [1.807, 2.05) is 12.1 Å². The van der Waals surface area contributed by atoms with Gasteiger partial charge in [-0.25, -0.2) is 4.98 Å². The number of aromatic nitrogens is 5. The molecular weight excluding hydrogens is 394 g/mol. The van der Waals surface area contributed by atoms with E-state index in [9.17, 15) is 5.11 Å². The molecule has 2 aromatic heterocycles. The van der Waals surface area contributed by atoms with Crippen LogP contribution < -0.4 is 10.2 Å². The minimum Gasteiger partial charge on any atom is -0.507 e. The van der Waals surface area contributed by atoms with Crippen molar-refractivity contribution in [3.05, 3.63) is 36.8 Å². The molecule has 2 aliphatic heterocycles. The average molecular weight is 422 g/mol. The molecule has 0 spiro atoms. The number of aromatic amines is 1. The van der Waals surface area contributed by atoms with E-state index in [1.165, 1.54) is 0 Å². The zero-order valence-electron chi connectivity index (χ0n) is 17.4. The number of anilines is 1. The van der Waals surface area contributed by atoms with Crippen molar-refractivity contribution < 1.29 is 9.84 Å². The Morgan fingerprint density at radius 2 is 2.03 bits per heavy atom. The predicted molar refractivity (Wildman–Crippen MR) is 117 cm³/mol. The molecule has 2 aliphatic rings. The first kappa shape index (κ1) is 19.9. The van der Waals surface area contributed by atoms with Gasteiger partial charge in [-0.2, -0.15) is 5.10 Å². The molecule has 4 heterocycles. The molecule has 1 atom stereocenters. The number of H-pyrrole nitrogens is 1. The fraction of sp³-hybridized carbons (Fsp3) is 0.455. The summed E-state index contributed by atoms with van der Waals surface area (Å²) in [6.45, 7) is 4.61. The number of nitrogens with zero attached hydrogens (tertiary/aromatic N) is 5. The number of hydrogen-bond acceptors (Lipinski definition) is 8. The molecule has 2 fully saturated rings. The minimum atomic E-state index is 0.142. The Morgan fingerprint density at radius 1 is 1.13 bits per heavy atom. The second-order valence-corrected chi connectivity index (χ2v) is 8.26. The Labute approximate surface area is 180 Å². The summed E-state index contributed by atoms with van der Waals surface area (Å²) in [5.41, 5.74) is 2.96. The SMILES string of the molecule is Oc1cc(-c2cn[nH]c2)ccc1-c1cnc(N2CCC(CNC3CCOCC3)C2)nn1. The highest BCUT2D eigenvalue weighted by Gasteiger charge is 2.26. The van der Waals surface area contributed by atoms with E-state index < -0.39 is 0 Å². The van der Waals surface area contributed by atoms with Gasteiger partial charge >= 0.3 is 0 Å². The fourth-order valence-corrected chi connectivity index (χ4v) is 4.29. The lowest BCUT2D eigenvalue weighted by atomic mass is 10.0. The van der Waals surface area contributed by atoms with Crippen LogP contribution in [0.3, 0.4) is 0 Å². The average Bonchev–Trinajstić information content (AvgIpc) is 3.51. The van der Waals surface area contributed by atoms with Crippen LogP contribution in [0.15, 0.2) is 36.8 Å². The smallest absolute Gasteiger partial charge is 0.245 e. The molecule has 9 nitrogen and oxygen atoms in total. The Morgan fingerprint density at radius 3 is 2.77 bits per heavy atom. The first-order valence-electron chi connectivity index (χ1n) is 10.8. The maximum atomic E-state index is 10.5. The summed E-state index contributed by atoms with van der Waals surface area (Å²) in [4.78, 5) is 6.71. The molecule has 162 valence electrons.